The first-order valence-corrected chi connectivity index (χ1v) is 6.87. The van der Waals surface area contributed by atoms with E-state index in [1.165, 1.54) is 0 Å². The van der Waals surface area contributed by atoms with Gasteiger partial charge in [-0.25, -0.2) is 9.97 Å². The molecule has 1 aromatic heterocycles. The molecule has 0 radical (unpaired) electrons. The fourth-order valence-electron chi connectivity index (χ4n) is 2.27. The molecule has 1 aliphatic heterocycles. The van der Waals surface area contributed by atoms with Crippen LogP contribution < -0.4 is 5.46 Å². The van der Waals surface area contributed by atoms with E-state index in [0.717, 1.165) is 22.2 Å². The minimum atomic E-state index is -0.342. The predicted octanol–water partition coefficient (Wildman–Crippen LogP) is 2.24. The summed E-state index contributed by atoms with van der Waals surface area (Å²) in [5.41, 5.74) is 1.30. The zero-order valence-corrected chi connectivity index (χ0v) is 12.6. The van der Waals surface area contributed by atoms with Gasteiger partial charge in [-0.1, -0.05) is 12.1 Å². The Morgan fingerprint density at radius 1 is 1.05 bits per heavy atom. The maximum absolute atomic E-state index is 6.06. The van der Waals surface area contributed by atoms with Crippen molar-refractivity contribution in [2.75, 3.05) is 0 Å². The minimum absolute atomic E-state index is 0.323. The number of aromatic nitrogens is 2. The second-order valence-electron chi connectivity index (χ2n) is 6.32. The molecule has 104 valence electrons. The molecule has 0 atom stereocenters. The van der Waals surface area contributed by atoms with Crippen molar-refractivity contribution in [1.82, 2.24) is 9.97 Å². The Hall–Kier alpha value is -1.46. The van der Waals surface area contributed by atoms with Crippen LogP contribution in [0.25, 0.3) is 10.9 Å². The molecule has 0 N–H and O–H groups in total. The van der Waals surface area contributed by atoms with Crippen LogP contribution in [0.1, 0.15) is 33.5 Å². The van der Waals surface area contributed by atoms with Crippen molar-refractivity contribution in [3.05, 3.63) is 30.2 Å². The minimum Gasteiger partial charge on any atom is -0.399 e. The van der Waals surface area contributed by atoms with Gasteiger partial charge in [-0.2, -0.15) is 0 Å². The van der Waals surface area contributed by atoms with Crippen LogP contribution in [0.3, 0.4) is 0 Å². The fraction of sp³-hybridized carbons (Fsp3) is 0.467. The quantitative estimate of drug-likeness (QED) is 0.745. The summed E-state index contributed by atoms with van der Waals surface area (Å²) in [7, 11) is -0.342. The van der Waals surface area contributed by atoms with Crippen molar-refractivity contribution in [2.24, 2.45) is 0 Å². The third kappa shape index (κ3) is 2.11. The van der Waals surface area contributed by atoms with Crippen LogP contribution >= 0.6 is 0 Å². The number of hydrogen-bond donors (Lipinski definition) is 0. The van der Waals surface area contributed by atoms with E-state index < -0.39 is 0 Å². The summed E-state index contributed by atoms with van der Waals surface area (Å²) in [5, 5.41) is 1.00. The van der Waals surface area contributed by atoms with Crippen LogP contribution in [-0.2, 0) is 9.31 Å². The van der Waals surface area contributed by atoms with Gasteiger partial charge >= 0.3 is 7.12 Å². The first-order chi connectivity index (χ1) is 9.28. The van der Waals surface area contributed by atoms with Gasteiger partial charge in [0, 0.05) is 11.6 Å². The first-order valence-electron chi connectivity index (χ1n) is 6.87. The molecule has 0 amide bonds. The number of nitrogens with zero attached hydrogens (tertiary/aromatic N) is 2. The van der Waals surface area contributed by atoms with Crippen molar-refractivity contribution in [3.8, 4) is 0 Å². The standard InChI is InChI=1S/C15H19BN2O2/c1-10-17-9-11-8-12(6-7-13(11)18-10)16-19-14(2,3)15(4,5)20-16/h6-9H,1-5H3. The highest BCUT2D eigenvalue weighted by atomic mass is 16.7. The summed E-state index contributed by atoms with van der Waals surface area (Å²) in [6, 6.07) is 6.04. The second kappa shape index (κ2) is 4.27. The zero-order chi connectivity index (χ0) is 14.5. The van der Waals surface area contributed by atoms with Crippen molar-refractivity contribution in [1.29, 1.82) is 0 Å². The molecule has 1 fully saturated rings. The second-order valence-corrected chi connectivity index (χ2v) is 6.32. The number of aryl methyl sites for hydroxylation is 1. The van der Waals surface area contributed by atoms with E-state index in [9.17, 15) is 0 Å². The first kappa shape index (κ1) is 13.5. The third-order valence-corrected chi connectivity index (χ3v) is 4.25. The predicted molar refractivity (Wildman–Crippen MR) is 80.0 cm³/mol. The molecule has 1 saturated heterocycles. The van der Waals surface area contributed by atoms with E-state index in [1.807, 2.05) is 31.3 Å². The Balaban J connectivity index is 1.98. The number of benzene rings is 1. The van der Waals surface area contributed by atoms with E-state index in [-0.39, 0.29) is 18.3 Å². The molecule has 0 unspecified atom stereocenters. The Bertz CT molecular complexity index is 654. The van der Waals surface area contributed by atoms with Gasteiger partial charge in [-0.05, 0) is 46.1 Å². The fourth-order valence-corrected chi connectivity index (χ4v) is 2.27. The molecule has 0 bridgehead atoms. The average molecular weight is 270 g/mol. The highest BCUT2D eigenvalue weighted by molar-refractivity contribution is 6.62. The van der Waals surface area contributed by atoms with Crippen molar-refractivity contribution in [2.45, 2.75) is 45.8 Å². The SMILES string of the molecule is Cc1ncc2cc(B3OC(C)(C)C(C)(C)O3)ccc2n1. The van der Waals surface area contributed by atoms with Gasteiger partial charge in [0.15, 0.2) is 0 Å². The van der Waals surface area contributed by atoms with Crippen LogP contribution in [-0.4, -0.2) is 28.3 Å². The lowest BCUT2D eigenvalue weighted by Gasteiger charge is -2.32. The van der Waals surface area contributed by atoms with E-state index in [4.69, 9.17) is 9.31 Å². The molecular weight excluding hydrogens is 251 g/mol. The maximum atomic E-state index is 6.06. The molecular formula is C15H19BN2O2. The van der Waals surface area contributed by atoms with Crippen LogP contribution in [0.4, 0.5) is 0 Å². The average Bonchev–Trinajstić information content (AvgIpc) is 2.58. The maximum Gasteiger partial charge on any atom is 0.494 e. The highest BCUT2D eigenvalue weighted by Gasteiger charge is 2.51. The van der Waals surface area contributed by atoms with E-state index >= 15 is 0 Å². The van der Waals surface area contributed by atoms with Gasteiger partial charge < -0.3 is 9.31 Å². The summed E-state index contributed by atoms with van der Waals surface area (Å²) >= 11 is 0. The van der Waals surface area contributed by atoms with Gasteiger partial charge in [-0.3, -0.25) is 0 Å². The molecule has 0 saturated carbocycles. The Morgan fingerprint density at radius 3 is 2.35 bits per heavy atom. The molecule has 1 aromatic carbocycles. The van der Waals surface area contributed by atoms with Crippen LogP contribution in [0, 0.1) is 6.92 Å². The highest BCUT2D eigenvalue weighted by Crippen LogP contribution is 2.36. The van der Waals surface area contributed by atoms with Crippen molar-refractivity contribution < 1.29 is 9.31 Å². The summed E-state index contributed by atoms with van der Waals surface area (Å²) in [6.07, 6.45) is 1.84. The Kier molecular flexibility index (Phi) is 2.89. The molecule has 2 aromatic rings. The summed E-state index contributed by atoms with van der Waals surface area (Å²) in [4.78, 5) is 8.65. The van der Waals surface area contributed by atoms with Crippen LogP contribution in [0.2, 0.25) is 0 Å². The van der Waals surface area contributed by atoms with Crippen LogP contribution in [0.15, 0.2) is 24.4 Å². The van der Waals surface area contributed by atoms with Crippen LogP contribution in [0.5, 0.6) is 0 Å². The zero-order valence-electron chi connectivity index (χ0n) is 12.6. The summed E-state index contributed by atoms with van der Waals surface area (Å²) in [5.74, 6) is 0.779. The smallest absolute Gasteiger partial charge is 0.399 e. The van der Waals surface area contributed by atoms with Gasteiger partial charge in [0.05, 0.1) is 16.7 Å². The molecule has 20 heavy (non-hydrogen) atoms. The Morgan fingerprint density at radius 2 is 1.70 bits per heavy atom. The van der Waals surface area contributed by atoms with E-state index in [2.05, 4.69) is 37.7 Å². The lowest BCUT2D eigenvalue weighted by Crippen LogP contribution is -2.41. The summed E-state index contributed by atoms with van der Waals surface area (Å²) < 4.78 is 12.1. The molecule has 5 heteroatoms. The van der Waals surface area contributed by atoms with Gasteiger partial charge in [0.2, 0.25) is 0 Å². The number of hydrogen-bond acceptors (Lipinski definition) is 4. The number of rotatable bonds is 1. The van der Waals surface area contributed by atoms with E-state index in [0.29, 0.717) is 0 Å². The van der Waals surface area contributed by atoms with Crippen molar-refractivity contribution >= 4 is 23.5 Å². The molecule has 0 aliphatic carbocycles. The van der Waals surface area contributed by atoms with Crippen molar-refractivity contribution in [3.63, 3.8) is 0 Å². The van der Waals surface area contributed by atoms with Gasteiger partial charge in [0.1, 0.15) is 5.82 Å². The number of fused-ring (bicyclic) bond motifs is 1. The molecule has 0 spiro atoms. The largest absolute Gasteiger partial charge is 0.494 e. The lowest BCUT2D eigenvalue weighted by atomic mass is 9.78. The molecule has 2 heterocycles. The van der Waals surface area contributed by atoms with E-state index in [1.54, 1.807) is 0 Å². The van der Waals surface area contributed by atoms with Gasteiger partial charge in [0.25, 0.3) is 0 Å². The summed E-state index contributed by atoms with van der Waals surface area (Å²) in [6.45, 7) is 10.1. The normalized spacial score (nSPS) is 20.6. The molecule has 1 aliphatic rings. The van der Waals surface area contributed by atoms with Gasteiger partial charge in [-0.15, -0.1) is 0 Å². The molecule has 4 nitrogen and oxygen atoms in total. The monoisotopic (exact) mass is 270 g/mol. The lowest BCUT2D eigenvalue weighted by molar-refractivity contribution is 0.00578. The third-order valence-electron chi connectivity index (χ3n) is 4.25. The Labute approximate surface area is 119 Å². The molecule has 3 rings (SSSR count). The topological polar surface area (TPSA) is 44.2 Å².